The quantitative estimate of drug-likeness (QED) is 0.436. The van der Waals surface area contributed by atoms with E-state index >= 15 is 0 Å². The van der Waals surface area contributed by atoms with Crippen LogP contribution in [0.5, 0.6) is 0 Å². The lowest BCUT2D eigenvalue weighted by Gasteiger charge is -2.62. The van der Waals surface area contributed by atoms with Gasteiger partial charge >= 0.3 is 0 Å². The minimum atomic E-state index is 0.457. The van der Waals surface area contributed by atoms with Crippen LogP contribution in [0.2, 0.25) is 0 Å². The fourth-order valence-corrected chi connectivity index (χ4v) is 9.68. The topological polar surface area (TPSA) is 9.23 Å². The van der Waals surface area contributed by atoms with Crippen molar-refractivity contribution < 1.29 is 4.74 Å². The van der Waals surface area contributed by atoms with Crippen molar-refractivity contribution in [1.29, 1.82) is 0 Å². The van der Waals surface area contributed by atoms with E-state index in [1.165, 1.54) is 77.0 Å². The molecule has 0 aromatic carbocycles. The van der Waals surface area contributed by atoms with Gasteiger partial charge in [0.15, 0.2) is 0 Å². The molecule has 0 amide bonds. The van der Waals surface area contributed by atoms with E-state index in [9.17, 15) is 0 Å². The van der Waals surface area contributed by atoms with Gasteiger partial charge in [-0.15, -0.1) is 0 Å². The second kappa shape index (κ2) is 8.48. The summed E-state index contributed by atoms with van der Waals surface area (Å²) in [4.78, 5) is 0. The Balaban J connectivity index is 1.50. The van der Waals surface area contributed by atoms with E-state index in [-0.39, 0.29) is 0 Å². The molecule has 4 aliphatic rings. The van der Waals surface area contributed by atoms with Gasteiger partial charge in [-0.25, -0.2) is 0 Å². The average molecular weight is 403 g/mol. The molecule has 0 radical (unpaired) electrons. The molecule has 0 N–H and O–H groups in total. The van der Waals surface area contributed by atoms with Crippen molar-refractivity contribution >= 4 is 0 Å². The van der Waals surface area contributed by atoms with Crippen molar-refractivity contribution in [2.75, 3.05) is 7.11 Å². The second-order valence-electron chi connectivity index (χ2n) is 12.7. The zero-order valence-electron chi connectivity index (χ0n) is 20.5. The molecule has 4 fully saturated rings. The van der Waals surface area contributed by atoms with Crippen LogP contribution in [0, 0.1) is 52.3 Å². The lowest BCUT2D eigenvalue weighted by atomic mass is 9.44. The number of hydrogen-bond acceptors (Lipinski definition) is 1. The van der Waals surface area contributed by atoms with Crippen LogP contribution < -0.4 is 0 Å². The number of methoxy groups -OCH3 is 1. The molecule has 0 aromatic rings. The zero-order chi connectivity index (χ0) is 20.8. The largest absolute Gasteiger partial charge is 0.381 e. The first-order chi connectivity index (χ1) is 13.8. The first-order valence-corrected chi connectivity index (χ1v) is 13.3. The van der Waals surface area contributed by atoms with E-state index < -0.39 is 0 Å². The minimum Gasteiger partial charge on any atom is -0.381 e. The Hall–Kier alpha value is -0.0400. The maximum Gasteiger partial charge on any atom is 0.0630 e. The van der Waals surface area contributed by atoms with Gasteiger partial charge in [0.25, 0.3) is 0 Å². The molecule has 0 saturated heterocycles. The summed E-state index contributed by atoms with van der Waals surface area (Å²) in [6, 6.07) is 0. The van der Waals surface area contributed by atoms with Gasteiger partial charge in [-0.2, -0.15) is 0 Å². The van der Waals surface area contributed by atoms with E-state index in [1.54, 1.807) is 0 Å². The molecule has 168 valence electrons. The molecule has 2 unspecified atom stereocenters. The molecule has 4 saturated carbocycles. The predicted molar refractivity (Wildman–Crippen MR) is 124 cm³/mol. The molecule has 0 bridgehead atoms. The summed E-state index contributed by atoms with van der Waals surface area (Å²) in [5, 5.41) is 0. The molecule has 1 nitrogen and oxygen atoms in total. The Bertz CT molecular complexity index is 547. The van der Waals surface area contributed by atoms with Crippen molar-refractivity contribution in [1.82, 2.24) is 0 Å². The maximum absolute atomic E-state index is 6.17. The number of ether oxygens (including phenoxy) is 1. The van der Waals surface area contributed by atoms with Gasteiger partial charge in [-0.1, -0.05) is 60.3 Å². The van der Waals surface area contributed by atoms with Crippen molar-refractivity contribution in [3.05, 3.63) is 0 Å². The molecule has 4 rings (SSSR count). The maximum atomic E-state index is 6.17. The van der Waals surface area contributed by atoms with E-state index in [2.05, 4.69) is 34.6 Å². The summed E-state index contributed by atoms with van der Waals surface area (Å²) in [6.07, 6.45) is 18.0. The third-order valence-corrected chi connectivity index (χ3v) is 11.2. The zero-order valence-corrected chi connectivity index (χ0v) is 20.5. The van der Waals surface area contributed by atoms with Crippen LogP contribution >= 0.6 is 0 Å². The molecule has 0 aliphatic heterocycles. The third-order valence-electron chi connectivity index (χ3n) is 11.2. The van der Waals surface area contributed by atoms with E-state index in [0.717, 1.165) is 41.4 Å². The second-order valence-corrected chi connectivity index (χ2v) is 12.7. The van der Waals surface area contributed by atoms with Gasteiger partial charge in [0.1, 0.15) is 0 Å². The Morgan fingerprint density at radius 2 is 1.66 bits per heavy atom. The summed E-state index contributed by atoms with van der Waals surface area (Å²) in [5.74, 6) is 6.61. The molecule has 0 aromatic heterocycles. The SMILES string of the molecule is COC1CCCC2CC[C@@H]3[C@H](CC[C@]4(C)[C@@H]([C@H](C)CCCC(C)C)CC[C@@H]34)[C@]21C. The van der Waals surface area contributed by atoms with Crippen molar-refractivity contribution in [3.8, 4) is 0 Å². The fourth-order valence-electron chi connectivity index (χ4n) is 9.68. The highest BCUT2D eigenvalue weighted by atomic mass is 16.5. The standard InChI is InChI=1S/C28H50O/c1-19(2)9-7-10-20(3)23-15-16-24-22-14-13-21-11-8-12-26(29-6)28(21,5)25(22)17-18-27(23,24)4/h19-26H,7-18H2,1-6H3/t20-,21?,22+,23-,24+,25+,26?,27-,28+/m1/s1. The van der Waals surface area contributed by atoms with Gasteiger partial charge in [0.05, 0.1) is 6.10 Å². The molecule has 29 heavy (non-hydrogen) atoms. The summed E-state index contributed by atoms with van der Waals surface area (Å²) in [6.45, 7) is 12.8. The summed E-state index contributed by atoms with van der Waals surface area (Å²) in [5.41, 5.74) is 1.08. The molecule has 9 atom stereocenters. The van der Waals surface area contributed by atoms with Crippen molar-refractivity contribution in [2.24, 2.45) is 52.3 Å². The lowest BCUT2D eigenvalue weighted by molar-refractivity contribution is -0.173. The monoisotopic (exact) mass is 402 g/mol. The number of fused-ring (bicyclic) bond motifs is 5. The molecular weight excluding hydrogens is 352 g/mol. The van der Waals surface area contributed by atoms with E-state index in [1.807, 2.05) is 7.11 Å². The van der Waals surface area contributed by atoms with Crippen LogP contribution in [0.4, 0.5) is 0 Å². The Morgan fingerprint density at radius 3 is 2.38 bits per heavy atom. The van der Waals surface area contributed by atoms with Crippen LogP contribution in [0.25, 0.3) is 0 Å². The summed E-state index contributed by atoms with van der Waals surface area (Å²) >= 11 is 0. The molecule has 0 heterocycles. The Morgan fingerprint density at radius 1 is 0.862 bits per heavy atom. The van der Waals surface area contributed by atoms with Crippen LogP contribution in [-0.2, 0) is 4.74 Å². The predicted octanol–water partition coefficient (Wildman–Crippen LogP) is 8.12. The fraction of sp³-hybridized carbons (Fsp3) is 1.00. The van der Waals surface area contributed by atoms with Crippen molar-refractivity contribution in [3.63, 3.8) is 0 Å². The van der Waals surface area contributed by atoms with Crippen LogP contribution in [0.3, 0.4) is 0 Å². The Kier molecular flexibility index (Phi) is 6.48. The van der Waals surface area contributed by atoms with Crippen LogP contribution in [0.1, 0.15) is 112 Å². The molecule has 0 spiro atoms. The van der Waals surface area contributed by atoms with Crippen LogP contribution in [-0.4, -0.2) is 13.2 Å². The first kappa shape index (κ1) is 22.2. The lowest BCUT2D eigenvalue weighted by Crippen LogP contribution is -2.58. The molecule has 4 aliphatic carbocycles. The van der Waals surface area contributed by atoms with E-state index in [4.69, 9.17) is 4.74 Å². The summed E-state index contributed by atoms with van der Waals surface area (Å²) in [7, 11) is 2.00. The van der Waals surface area contributed by atoms with Gasteiger partial charge in [-0.05, 0) is 104 Å². The molecular formula is C28H50O. The highest BCUT2D eigenvalue weighted by Gasteiger charge is 2.62. The highest BCUT2D eigenvalue weighted by Crippen LogP contribution is 2.68. The van der Waals surface area contributed by atoms with Gasteiger partial charge in [-0.3, -0.25) is 0 Å². The van der Waals surface area contributed by atoms with Gasteiger partial charge in [0, 0.05) is 7.11 Å². The average Bonchev–Trinajstić information content (AvgIpc) is 3.04. The number of hydrogen-bond donors (Lipinski definition) is 0. The van der Waals surface area contributed by atoms with Crippen molar-refractivity contribution in [2.45, 2.75) is 118 Å². The normalized spacial score (nSPS) is 48.1. The summed E-state index contributed by atoms with van der Waals surface area (Å²) < 4.78 is 6.17. The van der Waals surface area contributed by atoms with E-state index in [0.29, 0.717) is 16.9 Å². The molecule has 1 heteroatoms. The van der Waals surface area contributed by atoms with Gasteiger partial charge < -0.3 is 4.74 Å². The first-order valence-electron chi connectivity index (χ1n) is 13.3. The van der Waals surface area contributed by atoms with Crippen LogP contribution in [0.15, 0.2) is 0 Å². The Labute approximate surface area is 182 Å². The number of rotatable bonds is 6. The highest BCUT2D eigenvalue weighted by molar-refractivity contribution is 5.11. The van der Waals surface area contributed by atoms with Gasteiger partial charge in [0.2, 0.25) is 0 Å². The minimum absolute atomic E-state index is 0.457. The smallest absolute Gasteiger partial charge is 0.0630 e. The third kappa shape index (κ3) is 3.64.